The Balaban J connectivity index is 0.000001000. The molecule has 0 bridgehead atoms. The Kier molecular flexibility index (Phi) is 4.09. The molecule has 1 aromatic carbocycles. The summed E-state index contributed by atoms with van der Waals surface area (Å²) in [6, 6.07) is 5.81. The summed E-state index contributed by atoms with van der Waals surface area (Å²) in [6.07, 6.45) is 0. The smallest absolute Gasteiger partial charge is 0.339 e. The van der Waals surface area contributed by atoms with Crippen LogP contribution in [0.4, 0.5) is 0 Å². The summed E-state index contributed by atoms with van der Waals surface area (Å²) in [5.74, 6) is -1.31. The first-order valence-corrected chi connectivity index (χ1v) is 2.73. The zero-order valence-electron chi connectivity index (χ0n) is 5.61. The van der Waals surface area contributed by atoms with Gasteiger partial charge in [-0.1, -0.05) is 12.1 Å². The maximum Gasteiger partial charge on any atom is 0.339 e. The fourth-order valence-corrected chi connectivity index (χ4v) is 0.654. The number of hydrogen-bond acceptors (Lipinski definition) is 2. The van der Waals surface area contributed by atoms with Gasteiger partial charge in [-0.15, -0.1) is 0 Å². The Morgan fingerprint density at radius 2 is 1.82 bits per heavy atom. The molecule has 0 aromatic heterocycles. The van der Waals surface area contributed by atoms with E-state index in [1.165, 1.54) is 12.1 Å². The predicted molar refractivity (Wildman–Crippen MR) is 40.8 cm³/mol. The van der Waals surface area contributed by atoms with Crippen LogP contribution in [0.15, 0.2) is 24.3 Å². The van der Waals surface area contributed by atoms with Crippen LogP contribution in [0.5, 0.6) is 5.75 Å². The molecule has 0 aliphatic rings. The molecule has 4 heteroatoms. The quantitative estimate of drug-likeness (QED) is 0.737. The first kappa shape index (κ1) is 10.4. The average Bonchev–Trinajstić information content (AvgIpc) is 1.88. The molecule has 0 saturated heterocycles. The molecule has 0 saturated carbocycles. The molecule has 56 valence electrons. The monoisotopic (exact) mass is 346 g/mol. The van der Waals surface area contributed by atoms with Gasteiger partial charge in [-0.2, -0.15) is 0 Å². The number of benzene rings is 1. The minimum atomic E-state index is -1.11. The molecule has 0 atom stereocenters. The van der Waals surface area contributed by atoms with E-state index < -0.39 is 5.97 Å². The summed E-state index contributed by atoms with van der Waals surface area (Å²) in [6.45, 7) is 0. The van der Waals surface area contributed by atoms with Gasteiger partial charge in [-0.25, -0.2) is 4.79 Å². The molecular weight excluding hydrogens is 339 g/mol. The SMILES string of the molecule is O=C(O)c1ccccc1O.[Pb]. The zero-order valence-corrected chi connectivity index (χ0v) is 9.50. The van der Waals surface area contributed by atoms with Crippen molar-refractivity contribution < 1.29 is 15.0 Å². The van der Waals surface area contributed by atoms with E-state index in [0.29, 0.717) is 0 Å². The van der Waals surface area contributed by atoms with Crippen LogP contribution in [-0.4, -0.2) is 43.5 Å². The molecule has 1 rings (SSSR count). The van der Waals surface area contributed by atoms with Gasteiger partial charge in [-0.05, 0) is 12.1 Å². The van der Waals surface area contributed by atoms with E-state index in [4.69, 9.17) is 10.2 Å². The van der Waals surface area contributed by atoms with E-state index in [0.717, 1.165) is 0 Å². The van der Waals surface area contributed by atoms with E-state index in [-0.39, 0.29) is 38.6 Å². The van der Waals surface area contributed by atoms with E-state index in [9.17, 15) is 4.79 Å². The van der Waals surface area contributed by atoms with Gasteiger partial charge in [0.25, 0.3) is 0 Å². The number of rotatable bonds is 1. The average molecular weight is 345 g/mol. The van der Waals surface area contributed by atoms with Crippen LogP contribution in [0.25, 0.3) is 0 Å². The van der Waals surface area contributed by atoms with Crippen molar-refractivity contribution in [1.82, 2.24) is 0 Å². The molecule has 11 heavy (non-hydrogen) atoms. The van der Waals surface area contributed by atoms with Gasteiger partial charge in [0, 0.05) is 27.3 Å². The number of aromatic hydroxyl groups is 1. The molecule has 0 spiro atoms. The second-order valence-corrected chi connectivity index (χ2v) is 1.82. The molecule has 2 N–H and O–H groups in total. The number of hydrogen-bond donors (Lipinski definition) is 2. The van der Waals surface area contributed by atoms with Crippen molar-refractivity contribution in [3.05, 3.63) is 29.8 Å². The minimum absolute atomic E-state index is 0. The van der Waals surface area contributed by atoms with Crippen molar-refractivity contribution in [2.45, 2.75) is 0 Å². The number of phenols is 1. The largest absolute Gasteiger partial charge is 0.507 e. The topological polar surface area (TPSA) is 57.5 Å². The van der Waals surface area contributed by atoms with Crippen LogP contribution >= 0.6 is 0 Å². The Morgan fingerprint density at radius 3 is 2.18 bits per heavy atom. The predicted octanol–water partition coefficient (Wildman–Crippen LogP) is 0.710. The summed E-state index contributed by atoms with van der Waals surface area (Å²) in [4.78, 5) is 10.3. The van der Waals surface area contributed by atoms with Crippen molar-refractivity contribution >= 4 is 33.3 Å². The second-order valence-electron chi connectivity index (χ2n) is 1.82. The van der Waals surface area contributed by atoms with Gasteiger partial charge >= 0.3 is 5.97 Å². The van der Waals surface area contributed by atoms with E-state index in [2.05, 4.69) is 0 Å². The van der Waals surface area contributed by atoms with E-state index in [1.54, 1.807) is 12.1 Å². The third-order valence-electron chi connectivity index (χ3n) is 1.13. The Morgan fingerprint density at radius 1 is 1.27 bits per heavy atom. The fraction of sp³-hybridized carbons (Fsp3) is 0. The van der Waals surface area contributed by atoms with Gasteiger partial charge < -0.3 is 10.2 Å². The maximum atomic E-state index is 10.3. The van der Waals surface area contributed by atoms with Crippen molar-refractivity contribution in [3.8, 4) is 5.75 Å². The molecule has 0 unspecified atom stereocenters. The summed E-state index contributed by atoms with van der Waals surface area (Å²) < 4.78 is 0. The van der Waals surface area contributed by atoms with Crippen LogP contribution in [0, 0.1) is 0 Å². The molecule has 4 radical (unpaired) electrons. The van der Waals surface area contributed by atoms with Crippen LogP contribution in [-0.2, 0) is 0 Å². The molecule has 3 nitrogen and oxygen atoms in total. The third-order valence-corrected chi connectivity index (χ3v) is 1.13. The number of carbonyl (C=O) groups is 1. The Labute approximate surface area is 83.8 Å². The van der Waals surface area contributed by atoms with Crippen molar-refractivity contribution in [2.24, 2.45) is 0 Å². The van der Waals surface area contributed by atoms with Gasteiger partial charge in [-0.3, -0.25) is 0 Å². The Hall–Kier alpha value is -0.588. The Bertz CT molecular complexity index is 260. The van der Waals surface area contributed by atoms with Crippen LogP contribution in [0.1, 0.15) is 10.4 Å². The minimum Gasteiger partial charge on any atom is -0.507 e. The maximum absolute atomic E-state index is 10.3. The summed E-state index contributed by atoms with van der Waals surface area (Å²) >= 11 is 0. The molecular formula is C7H6O3Pb. The van der Waals surface area contributed by atoms with E-state index in [1.807, 2.05) is 0 Å². The van der Waals surface area contributed by atoms with Gasteiger partial charge in [0.1, 0.15) is 11.3 Å². The van der Waals surface area contributed by atoms with Crippen LogP contribution in [0.2, 0.25) is 0 Å². The summed E-state index contributed by atoms with van der Waals surface area (Å²) in [5.41, 5.74) is -0.0671. The van der Waals surface area contributed by atoms with Crippen molar-refractivity contribution in [2.75, 3.05) is 0 Å². The molecule has 0 fully saturated rings. The fourth-order valence-electron chi connectivity index (χ4n) is 0.654. The first-order chi connectivity index (χ1) is 4.72. The number of carboxylic acid groups (broad SMARTS) is 1. The standard InChI is InChI=1S/C7H6O3.Pb/c8-6-4-2-1-3-5(6)7(9)10;/h1-4,8H,(H,9,10);. The number of para-hydroxylation sites is 1. The number of carboxylic acids is 1. The van der Waals surface area contributed by atoms with Gasteiger partial charge in [0.05, 0.1) is 0 Å². The summed E-state index contributed by atoms with van der Waals surface area (Å²) in [7, 11) is 0. The zero-order chi connectivity index (χ0) is 7.56. The van der Waals surface area contributed by atoms with Crippen LogP contribution < -0.4 is 0 Å². The number of aromatic carboxylic acids is 1. The third kappa shape index (κ3) is 2.49. The molecule has 0 heterocycles. The van der Waals surface area contributed by atoms with Gasteiger partial charge in [0.15, 0.2) is 0 Å². The van der Waals surface area contributed by atoms with Crippen molar-refractivity contribution in [3.63, 3.8) is 0 Å². The molecule has 0 aliphatic carbocycles. The first-order valence-electron chi connectivity index (χ1n) is 2.73. The summed E-state index contributed by atoms with van der Waals surface area (Å²) in [5, 5.41) is 17.3. The second kappa shape index (κ2) is 4.32. The van der Waals surface area contributed by atoms with Gasteiger partial charge in [0.2, 0.25) is 0 Å². The molecule has 0 amide bonds. The van der Waals surface area contributed by atoms with Crippen LogP contribution in [0.3, 0.4) is 0 Å². The normalized spacial score (nSPS) is 8.36. The molecule has 0 aliphatic heterocycles. The van der Waals surface area contributed by atoms with E-state index >= 15 is 0 Å². The van der Waals surface area contributed by atoms with Crippen molar-refractivity contribution in [1.29, 1.82) is 0 Å². The molecule has 1 aromatic rings.